The number of aromatic nitrogens is 2. The number of hydrogen-bond donors (Lipinski definition) is 1. The Kier molecular flexibility index (Phi) is 2.65. The SMILES string of the molecule is C[C@]12O[C@H](CC(O)C1=O)n1c3ccccc3c3ccc4c5ccccc5n2c4c31. The molecule has 142 valence electrons. The zero-order valence-electron chi connectivity index (χ0n) is 15.8. The number of benzene rings is 3. The van der Waals surface area contributed by atoms with Gasteiger partial charge in [0.1, 0.15) is 12.3 Å². The molecule has 7 rings (SSSR count). The minimum Gasteiger partial charge on any atom is -0.385 e. The van der Waals surface area contributed by atoms with Crippen LogP contribution in [0.5, 0.6) is 0 Å². The molecule has 2 bridgehead atoms. The highest BCUT2D eigenvalue weighted by Gasteiger charge is 2.51. The number of Topliss-reactive ketones (excluding diaryl/α,β-unsaturated/α-hetero) is 1. The maximum Gasteiger partial charge on any atom is 0.213 e. The van der Waals surface area contributed by atoms with Crippen molar-refractivity contribution in [2.45, 2.75) is 31.4 Å². The Morgan fingerprint density at radius 1 is 0.897 bits per heavy atom. The number of para-hydroxylation sites is 2. The average Bonchev–Trinajstić information content (AvgIpc) is 3.22. The van der Waals surface area contributed by atoms with Crippen LogP contribution in [0.4, 0.5) is 0 Å². The molecule has 5 nitrogen and oxygen atoms in total. The number of hydrogen-bond acceptors (Lipinski definition) is 3. The van der Waals surface area contributed by atoms with Crippen LogP contribution in [0.25, 0.3) is 43.6 Å². The van der Waals surface area contributed by atoms with Gasteiger partial charge in [0.15, 0.2) is 0 Å². The van der Waals surface area contributed by atoms with E-state index in [-0.39, 0.29) is 12.2 Å². The van der Waals surface area contributed by atoms with Crippen LogP contribution < -0.4 is 0 Å². The van der Waals surface area contributed by atoms with Crippen LogP contribution in [0, 0.1) is 0 Å². The van der Waals surface area contributed by atoms with E-state index >= 15 is 0 Å². The molecular weight excluding hydrogens is 364 g/mol. The molecule has 1 saturated heterocycles. The van der Waals surface area contributed by atoms with E-state index in [1.165, 1.54) is 0 Å². The molecule has 1 N–H and O–H groups in total. The quantitative estimate of drug-likeness (QED) is 0.431. The largest absolute Gasteiger partial charge is 0.385 e. The fraction of sp³-hybridized carbons (Fsp3) is 0.208. The van der Waals surface area contributed by atoms with Gasteiger partial charge in [-0.3, -0.25) is 4.79 Å². The highest BCUT2D eigenvalue weighted by atomic mass is 16.5. The number of nitrogens with zero attached hydrogens (tertiary/aromatic N) is 2. The van der Waals surface area contributed by atoms with E-state index in [1.807, 2.05) is 34.9 Å². The molecule has 2 aliphatic rings. The van der Waals surface area contributed by atoms with Gasteiger partial charge in [0.25, 0.3) is 0 Å². The summed E-state index contributed by atoms with van der Waals surface area (Å²) >= 11 is 0. The number of fused-ring (bicyclic) bond motifs is 10. The van der Waals surface area contributed by atoms with Crippen molar-refractivity contribution in [2.75, 3.05) is 0 Å². The van der Waals surface area contributed by atoms with Gasteiger partial charge in [0.2, 0.25) is 11.5 Å². The second-order valence-corrected chi connectivity index (χ2v) is 8.27. The van der Waals surface area contributed by atoms with E-state index in [9.17, 15) is 9.90 Å². The molecule has 3 aromatic carbocycles. The standard InChI is InChI=1S/C24H18N2O3/c1-24-23(28)19(27)12-20(29-24)25-17-8-4-2-6-13(17)15-10-11-16-14-7-3-5-9-18(14)26(24)22(16)21(15)25/h2-11,19-20,27H,12H2,1H3/t19?,20-,24+/m1/s1. The van der Waals surface area contributed by atoms with E-state index in [0.29, 0.717) is 0 Å². The number of carbonyl (C=O) groups excluding carboxylic acids is 1. The van der Waals surface area contributed by atoms with E-state index in [0.717, 1.165) is 43.6 Å². The van der Waals surface area contributed by atoms with E-state index in [1.54, 1.807) is 6.92 Å². The molecule has 0 spiro atoms. The predicted molar refractivity (Wildman–Crippen MR) is 112 cm³/mol. The Labute approximate surface area is 165 Å². The van der Waals surface area contributed by atoms with Crippen molar-refractivity contribution in [3.8, 4) is 0 Å². The van der Waals surface area contributed by atoms with Crippen molar-refractivity contribution < 1.29 is 14.6 Å². The van der Waals surface area contributed by atoms with Crippen LogP contribution in [0.2, 0.25) is 0 Å². The lowest BCUT2D eigenvalue weighted by atomic mass is 9.97. The second-order valence-electron chi connectivity index (χ2n) is 8.27. The summed E-state index contributed by atoms with van der Waals surface area (Å²) < 4.78 is 10.7. The van der Waals surface area contributed by atoms with Gasteiger partial charge in [-0.2, -0.15) is 0 Å². The van der Waals surface area contributed by atoms with Gasteiger partial charge in [-0.1, -0.05) is 48.5 Å². The fourth-order valence-corrected chi connectivity index (χ4v) is 5.57. The van der Waals surface area contributed by atoms with Gasteiger partial charge in [-0.25, -0.2) is 0 Å². The Balaban J connectivity index is 1.85. The average molecular weight is 382 g/mol. The maximum absolute atomic E-state index is 13.2. The maximum atomic E-state index is 13.2. The van der Waals surface area contributed by atoms with Crippen LogP contribution in [-0.2, 0) is 15.3 Å². The van der Waals surface area contributed by atoms with Crippen molar-refractivity contribution in [3.05, 3.63) is 60.7 Å². The summed E-state index contributed by atoms with van der Waals surface area (Å²) in [5.41, 5.74) is 2.79. The first-order valence-corrected chi connectivity index (χ1v) is 9.95. The van der Waals surface area contributed by atoms with Crippen molar-refractivity contribution in [3.63, 3.8) is 0 Å². The van der Waals surface area contributed by atoms with Crippen molar-refractivity contribution in [1.82, 2.24) is 9.13 Å². The Morgan fingerprint density at radius 2 is 1.52 bits per heavy atom. The molecule has 2 aliphatic heterocycles. The summed E-state index contributed by atoms with van der Waals surface area (Å²) in [6.45, 7) is 1.80. The minimum absolute atomic E-state index is 0.251. The first kappa shape index (κ1) is 15.7. The Bertz CT molecular complexity index is 1530. The van der Waals surface area contributed by atoms with Crippen LogP contribution in [0.15, 0.2) is 60.7 Å². The topological polar surface area (TPSA) is 56.4 Å². The van der Waals surface area contributed by atoms with E-state index in [4.69, 9.17) is 4.74 Å². The smallest absolute Gasteiger partial charge is 0.213 e. The summed E-state index contributed by atoms with van der Waals surface area (Å²) in [6, 6.07) is 20.7. The summed E-state index contributed by atoms with van der Waals surface area (Å²) in [7, 11) is 0. The summed E-state index contributed by atoms with van der Waals surface area (Å²) in [6.07, 6.45) is -1.23. The molecule has 0 amide bonds. The molecule has 1 fully saturated rings. The summed E-state index contributed by atoms with van der Waals surface area (Å²) in [4.78, 5) is 13.2. The minimum atomic E-state index is -1.27. The molecule has 3 atom stereocenters. The number of rotatable bonds is 0. The first-order valence-electron chi connectivity index (χ1n) is 9.95. The van der Waals surface area contributed by atoms with Crippen molar-refractivity contribution >= 4 is 49.4 Å². The molecule has 5 heteroatoms. The molecule has 0 radical (unpaired) electrons. The van der Waals surface area contributed by atoms with Gasteiger partial charge in [0, 0.05) is 28.0 Å². The number of ketones is 1. The van der Waals surface area contributed by atoms with E-state index < -0.39 is 18.1 Å². The van der Waals surface area contributed by atoms with Crippen molar-refractivity contribution in [1.29, 1.82) is 0 Å². The van der Waals surface area contributed by atoms with Crippen LogP contribution in [0.3, 0.4) is 0 Å². The lowest BCUT2D eigenvalue weighted by Crippen LogP contribution is -2.52. The predicted octanol–water partition coefficient (Wildman–Crippen LogP) is 4.44. The monoisotopic (exact) mass is 382 g/mol. The third kappa shape index (κ3) is 1.64. The van der Waals surface area contributed by atoms with Gasteiger partial charge in [0.05, 0.1) is 22.1 Å². The zero-order chi connectivity index (χ0) is 19.5. The Hall–Kier alpha value is -3.15. The zero-order valence-corrected chi connectivity index (χ0v) is 15.8. The van der Waals surface area contributed by atoms with Gasteiger partial charge in [-0.15, -0.1) is 0 Å². The number of aliphatic hydroxyl groups excluding tert-OH is 1. The lowest BCUT2D eigenvalue weighted by molar-refractivity contribution is -0.209. The van der Waals surface area contributed by atoms with Crippen molar-refractivity contribution in [2.24, 2.45) is 0 Å². The Morgan fingerprint density at radius 3 is 2.28 bits per heavy atom. The summed E-state index contributed by atoms with van der Waals surface area (Å²) in [5.74, 6) is -0.288. The van der Waals surface area contributed by atoms with Crippen LogP contribution in [0.1, 0.15) is 19.6 Å². The number of carbonyl (C=O) groups is 1. The fourth-order valence-electron chi connectivity index (χ4n) is 5.57. The lowest BCUT2D eigenvalue weighted by Gasteiger charge is -2.40. The first-order chi connectivity index (χ1) is 14.1. The highest BCUT2D eigenvalue weighted by molar-refractivity contribution is 6.23. The summed E-state index contributed by atoms with van der Waals surface area (Å²) in [5, 5.41) is 15.2. The third-order valence-electron chi connectivity index (χ3n) is 6.77. The van der Waals surface area contributed by atoms with Crippen LogP contribution >= 0.6 is 0 Å². The molecule has 4 heterocycles. The third-order valence-corrected chi connectivity index (χ3v) is 6.77. The molecule has 2 aromatic heterocycles. The number of aliphatic hydroxyl groups is 1. The molecule has 29 heavy (non-hydrogen) atoms. The normalized spacial score (nSPS) is 26.2. The second kappa shape index (κ2) is 4.87. The van der Waals surface area contributed by atoms with Gasteiger partial charge < -0.3 is 19.0 Å². The molecule has 5 aromatic rings. The molecule has 0 saturated carbocycles. The molecule has 1 unspecified atom stereocenters. The van der Waals surface area contributed by atoms with E-state index in [2.05, 4.69) is 34.9 Å². The van der Waals surface area contributed by atoms with Crippen LogP contribution in [-0.4, -0.2) is 26.1 Å². The number of ether oxygens (including phenoxy) is 1. The highest BCUT2D eigenvalue weighted by Crippen LogP contribution is 2.49. The molecule has 0 aliphatic carbocycles. The van der Waals surface area contributed by atoms with Gasteiger partial charge in [-0.05, 0) is 19.1 Å². The molecular formula is C24H18N2O3. The van der Waals surface area contributed by atoms with Gasteiger partial charge >= 0.3 is 0 Å².